The van der Waals surface area contributed by atoms with E-state index < -0.39 is 0 Å². The van der Waals surface area contributed by atoms with Crippen LogP contribution in [0.4, 0.5) is 0 Å². The van der Waals surface area contributed by atoms with Crippen LogP contribution in [-0.2, 0) is 12.8 Å². The fourth-order valence-corrected chi connectivity index (χ4v) is 3.56. The van der Waals surface area contributed by atoms with Crippen LogP contribution >= 0.6 is 39.1 Å². The van der Waals surface area contributed by atoms with E-state index in [0.717, 1.165) is 38.4 Å². The summed E-state index contributed by atoms with van der Waals surface area (Å²) in [6.07, 6.45) is 1.54. The van der Waals surface area contributed by atoms with Crippen molar-refractivity contribution in [2.24, 2.45) is 5.73 Å². The third-order valence-electron chi connectivity index (χ3n) is 3.65. The molecule has 0 spiro atoms. The average Bonchev–Trinajstić information content (AvgIpc) is 2.90. The molecule has 0 fully saturated rings. The summed E-state index contributed by atoms with van der Waals surface area (Å²) in [5.41, 5.74) is 9.45. The Bertz CT molecular complexity index is 690. The van der Waals surface area contributed by atoms with E-state index in [1.165, 1.54) is 0 Å². The summed E-state index contributed by atoms with van der Waals surface area (Å²) in [5.74, 6) is 0.931. The molecule has 21 heavy (non-hydrogen) atoms. The van der Waals surface area contributed by atoms with Gasteiger partial charge >= 0.3 is 0 Å². The van der Waals surface area contributed by atoms with Gasteiger partial charge in [0, 0.05) is 22.0 Å². The maximum atomic E-state index is 6.34. The molecule has 0 saturated carbocycles. The Hall–Kier alpha value is -0.740. The molecular formula is C16H14BrCl2NO. The second-order valence-corrected chi connectivity index (χ2v) is 6.77. The van der Waals surface area contributed by atoms with E-state index in [0.29, 0.717) is 18.1 Å². The van der Waals surface area contributed by atoms with Crippen LogP contribution in [0.15, 0.2) is 34.8 Å². The fourth-order valence-electron chi connectivity index (χ4n) is 2.65. The van der Waals surface area contributed by atoms with E-state index in [-0.39, 0.29) is 6.04 Å². The summed E-state index contributed by atoms with van der Waals surface area (Å²) in [5, 5.41) is 1.38. The van der Waals surface area contributed by atoms with Crippen LogP contribution in [0, 0.1) is 0 Å². The van der Waals surface area contributed by atoms with E-state index >= 15 is 0 Å². The van der Waals surface area contributed by atoms with Gasteiger partial charge in [0.05, 0.1) is 11.6 Å². The summed E-state index contributed by atoms with van der Waals surface area (Å²) in [6, 6.07) is 9.47. The second kappa shape index (κ2) is 6.17. The molecule has 1 unspecified atom stereocenters. The lowest BCUT2D eigenvalue weighted by Crippen LogP contribution is -2.14. The van der Waals surface area contributed by atoms with Gasteiger partial charge in [-0.05, 0) is 57.2 Å². The molecule has 3 rings (SSSR count). The van der Waals surface area contributed by atoms with Crippen molar-refractivity contribution in [3.63, 3.8) is 0 Å². The summed E-state index contributed by atoms with van der Waals surface area (Å²) < 4.78 is 6.57. The van der Waals surface area contributed by atoms with Crippen molar-refractivity contribution in [2.45, 2.75) is 18.9 Å². The molecule has 2 N–H and O–H groups in total. The van der Waals surface area contributed by atoms with Crippen molar-refractivity contribution >= 4 is 39.1 Å². The van der Waals surface area contributed by atoms with Crippen LogP contribution in [0.25, 0.3) is 0 Å². The van der Waals surface area contributed by atoms with Crippen molar-refractivity contribution in [3.05, 3.63) is 61.5 Å². The molecule has 1 atom stereocenters. The fraction of sp³-hybridized carbons (Fsp3) is 0.250. The molecule has 2 nitrogen and oxygen atoms in total. The maximum Gasteiger partial charge on any atom is 0.125 e. The normalized spacial score (nSPS) is 14.7. The lowest BCUT2D eigenvalue weighted by atomic mass is 9.97. The number of halogens is 3. The molecule has 0 aliphatic carbocycles. The first-order chi connectivity index (χ1) is 10.1. The average molecular weight is 387 g/mol. The van der Waals surface area contributed by atoms with Gasteiger partial charge in [0.2, 0.25) is 0 Å². The van der Waals surface area contributed by atoms with Gasteiger partial charge in [-0.1, -0.05) is 35.3 Å². The van der Waals surface area contributed by atoms with Crippen molar-refractivity contribution in [2.75, 3.05) is 6.61 Å². The van der Waals surface area contributed by atoms with Gasteiger partial charge in [0.25, 0.3) is 0 Å². The first-order valence-corrected chi connectivity index (χ1v) is 8.24. The number of nitrogens with two attached hydrogens (primary N) is 1. The molecule has 0 bridgehead atoms. The third kappa shape index (κ3) is 3.07. The molecule has 0 aromatic heterocycles. The van der Waals surface area contributed by atoms with Crippen LogP contribution in [0.2, 0.25) is 10.0 Å². The minimum Gasteiger partial charge on any atom is -0.493 e. The first kappa shape index (κ1) is 15.2. The number of ether oxygens (including phenoxy) is 1. The Morgan fingerprint density at radius 3 is 2.90 bits per heavy atom. The van der Waals surface area contributed by atoms with Crippen molar-refractivity contribution < 1.29 is 4.74 Å². The van der Waals surface area contributed by atoms with Gasteiger partial charge in [0.1, 0.15) is 5.75 Å². The summed E-state index contributed by atoms with van der Waals surface area (Å²) >= 11 is 15.9. The molecule has 2 aromatic rings. The predicted octanol–water partition coefficient (Wildman–Crippen LogP) is 4.93. The zero-order valence-electron chi connectivity index (χ0n) is 11.2. The number of rotatable bonds is 3. The quantitative estimate of drug-likeness (QED) is 0.811. The van der Waals surface area contributed by atoms with E-state index in [9.17, 15) is 0 Å². The van der Waals surface area contributed by atoms with Gasteiger partial charge < -0.3 is 10.5 Å². The molecule has 1 heterocycles. The Balaban J connectivity index is 1.92. The molecular weight excluding hydrogens is 373 g/mol. The second-order valence-electron chi connectivity index (χ2n) is 5.11. The SMILES string of the molecule is NC(Cc1cc(Cl)cc2c1OCC2)c1cccc(Br)c1Cl. The van der Waals surface area contributed by atoms with Crippen LogP contribution in [0.3, 0.4) is 0 Å². The highest BCUT2D eigenvalue weighted by Crippen LogP contribution is 2.36. The summed E-state index contributed by atoms with van der Waals surface area (Å²) in [6.45, 7) is 0.704. The predicted molar refractivity (Wildman–Crippen MR) is 90.4 cm³/mol. The highest BCUT2D eigenvalue weighted by Gasteiger charge is 2.21. The molecule has 110 valence electrons. The van der Waals surface area contributed by atoms with Gasteiger partial charge in [0.15, 0.2) is 0 Å². The Morgan fingerprint density at radius 2 is 2.10 bits per heavy atom. The zero-order valence-corrected chi connectivity index (χ0v) is 14.3. The highest BCUT2D eigenvalue weighted by molar-refractivity contribution is 9.10. The monoisotopic (exact) mass is 385 g/mol. The standard InChI is InChI=1S/C16H14BrCl2NO/c17-13-3-1-2-12(15(13)19)14(20)8-10-7-11(18)6-9-4-5-21-16(9)10/h1-3,6-7,14H,4-5,8,20H2. The van der Waals surface area contributed by atoms with E-state index in [2.05, 4.69) is 15.9 Å². The van der Waals surface area contributed by atoms with Gasteiger partial charge in [-0.3, -0.25) is 0 Å². The van der Waals surface area contributed by atoms with E-state index in [1.807, 2.05) is 30.3 Å². The molecule has 5 heteroatoms. The molecule has 1 aliphatic heterocycles. The molecule has 2 aromatic carbocycles. The van der Waals surface area contributed by atoms with E-state index in [4.69, 9.17) is 33.7 Å². The molecule has 0 saturated heterocycles. The van der Waals surface area contributed by atoms with Gasteiger partial charge in [-0.25, -0.2) is 0 Å². The summed E-state index contributed by atoms with van der Waals surface area (Å²) in [7, 11) is 0. The minimum absolute atomic E-state index is 0.207. The molecule has 0 radical (unpaired) electrons. The number of hydrogen-bond donors (Lipinski definition) is 1. The van der Waals surface area contributed by atoms with Crippen molar-refractivity contribution in [1.82, 2.24) is 0 Å². The Kier molecular flexibility index (Phi) is 4.46. The summed E-state index contributed by atoms with van der Waals surface area (Å²) in [4.78, 5) is 0. The molecule has 1 aliphatic rings. The number of benzene rings is 2. The Labute approximate surface area is 142 Å². The largest absolute Gasteiger partial charge is 0.493 e. The lowest BCUT2D eigenvalue weighted by Gasteiger charge is -2.17. The number of fused-ring (bicyclic) bond motifs is 1. The van der Waals surface area contributed by atoms with Gasteiger partial charge in [-0.15, -0.1) is 0 Å². The van der Waals surface area contributed by atoms with Crippen LogP contribution in [-0.4, -0.2) is 6.61 Å². The van der Waals surface area contributed by atoms with E-state index in [1.54, 1.807) is 0 Å². The minimum atomic E-state index is -0.207. The highest BCUT2D eigenvalue weighted by atomic mass is 79.9. The maximum absolute atomic E-state index is 6.34. The first-order valence-electron chi connectivity index (χ1n) is 6.70. The van der Waals surface area contributed by atoms with Crippen LogP contribution < -0.4 is 10.5 Å². The third-order valence-corrected chi connectivity index (χ3v) is 5.18. The van der Waals surface area contributed by atoms with Gasteiger partial charge in [-0.2, -0.15) is 0 Å². The van der Waals surface area contributed by atoms with Crippen LogP contribution in [0.5, 0.6) is 5.75 Å². The number of hydrogen-bond acceptors (Lipinski definition) is 2. The topological polar surface area (TPSA) is 35.2 Å². The lowest BCUT2D eigenvalue weighted by molar-refractivity contribution is 0.352. The van der Waals surface area contributed by atoms with Crippen molar-refractivity contribution in [1.29, 1.82) is 0 Å². The smallest absolute Gasteiger partial charge is 0.125 e. The van der Waals surface area contributed by atoms with Crippen molar-refractivity contribution in [3.8, 4) is 5.75 Å². The molecule has 0 amide bonds. The zero-order chi connectivity index (χ0) is 15.0. The Morgan fingerprint density at radius 1 is 1.29 bits per heavy atom. The van der Waals surface area contributed by atoms with Crippen LogP contribution in [0.1, 0.15) is 22.7 Å².